The number of carboxylic acid groups (broad SMARTS) is 2. The quantitative estimate of drug-likeness (QED) is 0.130. The monoisotopic (exact) mass is 703 g/mol. The molecule has 6 aromatic heterocycles. The van der Waals surface area contributed by atoms with Gasteiger partial charge in [-0.2, -0.15) is 0 Å². The van der Waals surface area contributed by atoms with Gasteiger partial charge in [0.1, 0.15) is 0 Å². The lowest BCUT2D eigenvalue weighted by Gasteiger charge is -2.11. The number of aromatic nitrogens is 3. The number of hydrogen-bond donors (Lipinski definition) is 2. The third-order valence-electron chi connectivity index (χ3n) is 8.65. The standard InChI is InChI=1S/C39H33N3O4S3/c1-3-5-7-25-26-13-16-47-36(26)27(8-6-4-2)37-28(25)21-35(49-37)34-10-9-33(48-34)22-11-14-40-29(17-22)31-19-24(39(45)46)20-32(42-31)30-18-23(38(43)44)12-15-41-30/h9-21H,3-8H2,1-2H3,(H,43,44)(H,45,46). The molecule has 10 heteroatoms. The van der Waals surface area contributed by atoms with Crippen LogP contribution in [0, 0.1) is 0 Å². The van der Waals surface area contributed by atoms with E-state index in [-0.39, 0.29) is 22.5 Å². The molecule has 49 heavy (non-hydrogen) atoms. The van der Waals surface area contributed by atoms with Gasteiger partial charge in [-0.05, 0) is 119 Å². The fraction of sp³-hybridized carbons (Fsp3) is 0.205. The van der Waals surface area contributed by atoms with Gasteiger partial charge < -0.3 is 10.2 Å². The maximum Gasteiger partial charge on any atom is 0.335 e. The largest absolute Gasteiger partial charge is 0.478 e. The molecule has 6 heterocycles. The molecule has 0 aliphatic rings. The third-order valence-corrected chi connectivity index (χ3v) is 12.2. The highest BCUT2D eigenvalue weighted by molar-refractivity contribution is 7.27. The summed E-state index contributed by atoms with van der Waals surface area (Å²) in [6, 6.07) is 18.5. The lowest BCUT2D eigenvalue weighted by molar-refractivity contribution is 0.0686. The van der Waals surface area contributed by atoms with Crippen LogP contribution in [0.4, 0.5) is 0 Å². The third kappa shape index (κ3) is 6.51. The molecule has 0 atom stereocenters. The number of unbranched alkanes of at least 4 members (excludes halogenated alkanes) is 2. The molecule has 7 aromatic rings. The minimum absolute atomic E-state index is 0.00869. The van der Waals surface area contributed by atoms with E-state index in [1.807, 2.05) is 34.8 Å². The van der Waals surface area contributed by atoms with Crippen LogP contribution in [-0.4, -0.2) is 37.1 Å². The van der Waals surface area contributed by atoms with Crippen molar-refractivity contribution in [2.24, 2.45) is 0 Å². The maximum absolute atomic E-state index is 12.1. The number of rotatable bonds is 12. The van der Waals surface area contributed by atoms with Gasteiger partial charge in [0.2, 0.25) is 0 Å². The van der Waals surface area contributed by atoms with Crippen molar-refractivity contribution >= 4 is 66.1 Å². The molecule has 0 saturated carbocycles. The molecule has 7 rings (SSSR count). The van der Waals surface area contributed by atoms with Gasteiger partial charge in [0.25, 0.3) is 0 Å². The van der Waals surface area contributed by atoms with Crippen molar-refractivity contribution in [1.82, 2.24) is 15.0 Å². The number of carboxylic acids is 2. The lowest BCUT2D eigenvalue weighted by atomic mass is 9.95. The van der Waals surface area contributed by atoms with Gasteiger partial charge in [-0.15, -0.1) is 34.0 Å². The molecule has 0 fully saturated rings. The van der Waals surface area contributed by atoms with Gasteiger partial charge >= 0.3 is 11.9 Å². The number of carbonyl (C=O) groups is 2. The summed E-state index contributed by atoms with van der Waals surface area (Å²) in [6.07, 6.45) is 9.92. The first-order valence-electron chi connectivity index (χ1n) is 16.3. The van der Waals surface area contributed by atoms with Crippen molar-refractivity contribution in [3.05, 3.63) is 101 Å². The fourth-order valence-electron chi connectivity index (χ4n) is 6.16. The smallest absolute Gasteiger partial charge is 0.335 e. The zero-order valence-corrected chi connectivity index (χ0v) is 29.5. The minimum atomic E-state index is -1.13. The molecule has 0 aliphatic heterocycles. The van der Waals surface area contributed by atoms with E-state index in [1.54, 1.807) is 17.5 Å². The Morgan fingerprint density at radius 2 is 1.29 bits per heavy atom. The number of aryl methyl sites for hydroxylation is 2. The fourth-order valence-corrected chi connectivity index (χ4v) is 9.58. The highest BCUT2D eigenvalue weighted by Crippen LogP contribution is 2.46. The number of thiophene rings is 3. The van der Waals surface area contributed by atoms with Crippen LogP contribution in [0.5, 0.6) is 0 Å². The second-order valence-electron chi connectivity index (χ2n) is 11.9. The van der Waals surface area contributed by atoms with Crippen LogP contribution in [0.2, 0.25) is 0 Å². The van der Waals surface area contributed by atoms with Crippen molar-refractivity contribution in [2.75, 3.05) is 0 Å². The number of nitrogens with zero attached hydrogens (tertiary/aromatic N) is 3. The summed E-state index contributed by atoms with van der Waals surface area (Å²) in [4.78, 5) is 40.6. The van der Waals surface area contributed by atoms with Crippen molar-refractivity contribution in [2.45, 2.75) is 52.4 Å². The molecule has 0 aliphatic carbocycles. The molecule has 0 unspecified atom stereocenters. The summed E-state index contributed by atoms with van der Waals surface area (Å²) in [6.45, 7) is 4.51. The highest BCUT2D eigenvalue weighted by atomic mass is 32.1. The molecular formula is C39H33N3O4S3. The van der Waals surface area contributed by atoms with E-state index >= 15 is 0 Å². The van der Waals surface area contributed by atoms with E-state index in [0.29, 0.717) is 11.4 Å². The zero-order chi connectivity index (χ0) is 34.1. The minimum Gasteiger partial charge on any atom is -0.478 e. The predicted molar refractivity (Wildman–Crippen MR) is 201 cm³/mol. The number of fused-ring (bicyclic) bond motifs is 2. The predicted octanol–water partition coefficient (Wildman–Crippen LogP) is 11.1. The number of hydrogen-bond acceptors (Lipinski definition) is 8. The molecule has 0 bridgehead atoms. The SMILES string of the molecule is CCCCc1c2ccsc2c(CCCC)c2sc(-c3ccc(-c4ccnc(-c5cc(C(=O)O)cc(-c6cc(C(=O)O)ccn6)n5)c4)s3)cc12. The molecule has 246 valence electrons. The van der Waals surface area contributed by atoms with E-state index in [1.165, 1.54) is 90.8 Å². The summed E-state index contributed by atoms with van der Waals surface area (Å²) in [5.41, 5.74) is 5.36. The van der Waals surface area contributed by atoms with Crippen molar-refractivity contribution in [3.63, 3.8) is 0 Å². The van der Waals surface area contributed by atoms with E-state index in [0.717, 1.165) is 29.7 Å². The molecule has 2 N–H and O–H groups in total. The van der Waals surface area contributed by atoms with Gasteiger partial charge in [0, 0.05) is 36.4 Å². The van der Waals surface area contributed by atoms with Crippen molar-refractivity contribution < 1.29 is 19.8 Å². The second-order valence-corrected chi connectivity index (χ2v) is 15.0. The van der Waals surface area contributed by atoms with Gasteiger partial charge in [-0.25, -0.2) is 14.6 Å². The van der Waals surface area contributed by atoms with Gasteiger partial charge in [-0.3, -0.25) is 9.97 Å². The summed E-state index contributed by atoms with van der Waals surface area (Å²) in [7, 11) is 0. The Hall–Kier alpha value is -4.77. The topological polar surface area (TPSA) is 113 Å². The Labute approximate surface area is 295 Å². The van der Waals surface area contributed by atoms with Crippen LogP contribution in [-0.2, 0) is 12.8 Å². The number of aromatic carboxylic acids is 2. The Morgan fingerprint density at radius 3 is 2.00 bits per heavy atom. The van der Waals surface area contributed by atoms with Gasteiger partial charge in [0.15, 0.2) is 0 Å². The first kappa shape index (κ1) is 32.8. The summed E-state index contributed by atoms with van der Waals surface area (Å²) in [5.74, 6) is -2.23. The first-order valence-corrected chi connectivity index (χ1v) is 18.8. The zero-order valence-electron chi connectivity index (χ0n) is 27.0. The maximum atomic E-state index is 12.1. The van der Waals surface area contributed by atoms with Crippen LogP contribution in [0.3, 0.4) is 0 Å². The summed E-state index contributed by atoms with van der Waals surface area (Å²) in [5, 5.41) is 24.4. The van der Waals surface area contributed by atoms with Crippen molar-refractivity contribution in [1.29, 1.82) is 0 Å². The molecule has 7 nitrogen and oxygen atoms in total. The summed E-state index contributed by atoms with van der Waals surface area (Å²) >= 11 is 5.51. The van der Waals surface area contributed by atoms with Crippen LogP contribution in [0.1, 0.15) is 71.4 Å². The normalized spacial score (nSPS) is 11.5. The van der Waals surface area contributed by atoms with E-state index in [4.69, 9.17) is 0 Å². The Balaban J connectivity index is 1.27. The molecular weight excluding hydrogens is 671 g/mol. The number of pyridine rings is 3. The van der Waals surface area contributed by atoms with Crippen LogP contribution < -0.4 is 0 Å². The summed E-state index contributed by atoms with van der Waals surface area (Å²) < 4.78 is 2.87. The second kappa shape index (κ2) is 14.0. The molecule has 0 spiro atoms. The van der Waals surface area contributed by atoms with Crippen molar-refractivity contribution in [3.8, 4) is 43.0 Å². The first-order chi connectivity index (χ1) is 23.8. The molecule has 0 radical (unpaired) electrons. The van der Waals surface area contributed by atoms with Gasteiger partial charge in [-0.1, -0.05) is 26.7 Å². The lowest BCUT2D eigenvalue weighted by Crippen LogP contribution is -2.02. The number of benzene rings is 1. The molecule has 0 saturated heterocycles. The van der Waals surface area contributed by atoms with Crippen LogP contribution in [0.15, 0.2) is 78.4 Å². The Kier molecular flexibility index (Phi) is 9.35. The molecule has 0 amide bonds. The molecule has 1 aromatic carbocycles. The van der Waals surface area contributed by atoms with E-state index < -0.39 is 11.9 Å². The van der Waals surface area contributed by atoms with Crippen LogP contribution >= 0.6 is 34.0 Å². The highest BCUT2D eigenvalue weighted by Gasteiger charge is 2.20. The van der Waals surface area contributed by atoms with Gasteiger partial charge in [0.05, 0.1) is 33.9 Å². The van der Waals surface area contributed by atoms with E-state index in [9.17, 15) is 19.8 Å². The Morgan fingerprint density at radius 1 is 0.633 bits per heavy atom. The average Bonchev–Trinajstić information content (AvgIpc) is 3.90. The van der Waals surface area contributed by atoms with Crippen LogP contribution in [0.25, 0.3) is 63.1 Å². The Bertz CT molecular complexity index is 2290. The van der Waals surface area contributed by atoms with E-state index in [2.05, 4.69) is 58.4 Å². The average molecular weight is 704 g/mol.